The van der Waals surface area contributed by atoms with Crippen LogP contribution in [0.3, 0.4) is 0 Å². The van der Waals surface area contributed by atoms with Crippen molar-refractivity contribution in [2.45, 2.75) is 33.1 Å². The van der Waals surface area contributed by atoms with Gasteiger partial charge >= 0.3 is 0 Å². The summed E-state index contributed by atoms with van der Waals surface area (Å²) >= 11 is 1.45. The van der Waals surface area contributed by atoms with Gasteiger partial charge in [-0.2, -0.15) is 0 Å². The van der Waals surface area contributed by atoms with Gasteiger partial charge in [-0.1, -0.05) is 32.0 Å². The second-order valence-corrected chi connectivity index (χ2v) is 5.86. The fourth-order valence-electron chi connectivity index (χ4n) is 1.98. The minimum Gasteiger partial charge on any atom is -0.375 e. The van der Waals surface area contributed by atoms with E-state index >= 15 is 0 Å². The van der Waals surface area contributed by atoms with E-state index in [-0.39, 0.29) is 5.82 Å². The molecule has 0 atom stereocenters. The lowest BCUT2D eigenvalue weighted by atomic mass is 10.0. The Kier molecular flexibility index (Phi) is 3.66. The number of aryl methyl sites for hydroxylation is 1. The number of hydrogen-bond donors (Lipinski definition) is 1. The van der Waals surface area contributed by atoms with E-state index < -0.39 is 0 Å². The first-order valence-electron chi connectivity index (χ1n) is 5.98. The highest BCUT2D eigenvalue weighted by atomic mass is 32.1. The molecule has 96 valence electrons. The first-order valence-corrected chi connectivity index (χ1v) is 6.79. The molecule has 0 amide bonds. The van der Waals surface area contributed by atoms with Crippen LogP contribution in [0.2, 0.25) is 0 Å². The molecule has 0 aliphatic rings. The third-order valence-electron chi connectivity index (χ3n) is 2.91. The van der Waals surface area contributed by atoms with E-state index in [2.05, 4.69) is 18.8 Å². The number of nitrogens with zero attached hydrogens (tertiary/aromatic N) is 1. The average molecular weight is 264 g/mol. The Hall–Kier alpha value is -1.42. The fourth-order valence-corrected chi connectivity index (χ4v) is 2.99. The van der Waals surface area contributed by atoms with Gasteiger partial charge < -0.3 is 5.73 Å². The Bertz CT molecular complexity index is 561. The fraction of sp³-hybridized carbons (Fsp3) is 0.357. The predicted molar refractivity (Wildman–Crippen MR) is 74.6 cm³/mol. The van der Waals surface area contributed by atoms with E-state index in [0.717, 1.165) is 10.6 Å². The second-order valence-electron chi connectivity index (χ2n) is 4.74. The number of nitrogen functional groups attached to an aromatic ring is 1. The number of aromatic nitrogens is 1. The molecule has 1 aromatic heterocycles. The summed E-state index contributed by atoms with van der Waals surface area (Å²) < 4.78 is 14.0. The van der Waals surface area contributed by atoms with Gasteiger partial charge in [0.1, 0.15) is 5.82 Å². The molecular formula is C14H17FN2S. The van der Waals surface area contributed by atoms with Crippen LogP contribution in [0.25, 0.3) is 0 Å². The molecule has 0 spiro atoms. The molecule has 2 aromatic rings. The van der Waals surface area contributed by atoms with Crippen LogP contribution in [0.4, 0.5) is 9.52 Å². The summed E-state index contributed by atoms with van der Waals surface area (Å²) in [5.41, 5.74) is 8.12. The van der Waals surface area contributed by atoms with Crippen molar-refractivity contribution in [3.63, 3.8) is 0 Å². The van der Waals surface area contributed by atoms with Gasteiger partial charge in [-0.15, -0.1) is 11.3 Å². The smallest absolute Gasteiger partial charge is 0.180 e. The van der Waals surface area contributed by atoms with Gasteiger partial charge in [-0.25, -0.2) is 9.37 Å². The quantitative estimate of drug-likeness (QED) is 0.913. The van der Waals surface area contributed by atoms with Crippen molar-refractivity contribution in [2.24, 2.45) is 0 Å². The number of rotatable bonds is 3. The van der Waals surface area contributed by atoms with Crippen LogP contribution in [0, 0.1) is 12.7 Å². The standard InChI is InChI=1S/C14H17FN2S/c1-8(2)13-11(18-14(16)17-13)7-10-6-4-5-9(3)12(10)15/h4-6,8H,7H2,1-3H3,(H2,16,17). The van der Waals surface area contributed by atoms with Gasteiger partial charge in [0.15, 0.2) is 5.13 Å². The van der Waals surface area contributed by atoms with E-state index in [0.29, 0.717) is 28.6 Å². The van der Waals surface area contributed by atoms with Crippen LogP contribution >= 0.6 is 11.3 Å². The Labute approximate surface area is 111 Å². The summed E-state index contributed by atoms with van der Waals surface area (Å²) in [6.07, 6.45) is 0.565. The van der Waals surface area contributed by atoms with Crippen LogP contribution in [0.1, 0.15) is 41.5 Å². The molecule has 2 N–H and O–H groups in total. The highest BCUT2D eigenvalue weighted by Gasteiger charge is 2.15. The maximum Gasteiger partial charge on any atom is 0.180 e. The molecule has 0 saturated carbocycles. The van der Waals surface area contributed by atoms with Crippen molar-refractivity contribution < 1.29 is 4.39 Å². The van der Waals surface area contributed by atoms with Gasteiger partial charge in [-0.05, 0) is 24.0 Å². The molecule has 2 rings (SSSR count). The van der Waals surface area contributed by atoms with E-state index in [4.69, 9.17) is 5.73 Å². The van der Waals surface area contributed by atoms with Crippen LogP contribution in [-0.4, -0.2) is 4.98 Å². The molecule has 4 heteroatoms. The summed E-state index contributed by atoms with van der Waals surface area (Å²) in [6.45, 7) is 5.93. The highest BCUT2D eigenvalue weighted by molar-refractivity contribution is 7.15. The zero-order chi connectivity index (χ0) is 13.3. The van der Waals surface area contributed by atoms with Crippen molar-refractivity contribution in [3.8, 4) is 0 Å². The second kappa shape index (κ2) is 5.06. The number of thiazole rings is 1. The van der Waals surface area contributed by atoms with Gasteiger partial charge in [0.25, 0.3) is 0 Å². The number of nitrogens with two attached hydrogens (primary N) is 1. The third-order valence-corrected chi connectivity index (χ3v) is 3.81. The van der Waals surface area contributed by atoms with Gasteiger partial charge in [0.2, 0.25) is 0 Å². The molecule has 0 fully saturated rings. The molecule has 0 radical (unpaired) electrons. The molecule has 0 aliphatic carbocycles. The summed E-state index contributed by atoms with van der Waals surface area (Å²) in [5.74, 6) is 0.181. The van der Waals surface area contributed by atoms with E-state index in [1.54, 1.807) is 13.0 Å². The Balaban J connectivity index is 2.37. The van der Waals surface area contributed by atoms with Crippen LogP contribution in [0.15, 0.2) is 18.2 Å². The first-order chi connectivity index (χ1) is 8.49. The monoisotopic (exact) mass is 264 g/mol. The Morgan fingerprint density at radius 3 is 2.78 bits per heavy atom. The van der Waals surface area contributed by atoms with Gasteiger partial charge in [-0.3, -0.25) is 0 Å². The zero-order valence-electron chi connectivity index (χ0n) is 10.8. The maximum absolute atomic E-state index is 14.0. The third kappa shape index (κ3) is 2.53. The summed E-state index contributed by atoms with van der Waals surface area (Å²) in [4.78, 5) is 5.39. The maximum atomic E-state index is 14.0. The lowest BCUT2D eigenvalue weighted by molar-refractivity contribution is 0.604. The Morgan fingerprint density at radius 1 is 1.39 bits per heavy atom. The molecule has 1 heterocycles. The number of benzene rings is 1. The van der Waals surface area contributed by atoms with Gasteiger partial charge in [0, 0.05) is 11.3 Å². The Morgan fingerprint density at radius 2 is 2.11 bits per heavy atom. The SMILES string of the molecule is Cc1cccc(Cc2sc(N)nc2C(C)C)c1F. The molecule has 18 heavy (non-hydrogen) atoms. The zero-order valence-corrected chi connectivity index (χ0v) is 11.6. The molecule has 2 nitrogen and oxygen atoms in total. The van der Waals surface area contributed by atoms with Crippen LogP contribution in [0.5, 0.6) is 0 Å². The average Bonchev–Trinajstić information content (AvgIpc) is 2.66. The molecular weight excluding hydrogens is 247 g/mol. The first kappa shape index (κ1) is 13.0. The molecule has 1 aromatic carbocycles. The largest absolute Gasteiger partial charge is 0.375 e. The lowest BCUT2D eigenvalue weighted by Crippen LogP contribution is -1.98. The van der Waals surface area contributed by atoms with Crippen molar-refractivity contribution in [2.75, 3.05) is 5.73 Å². The highest BCUT2D eigenvalue weighted by Crippen LogP contribution is 2.29. The number of anilines is 1. The number of halogens is 1. The number of hydrogen-bond acceptors (Lipinski definition) is 3. The van der Waals surface area contributed by atoms with Crippen LogP contribution < -0.4 is 5.73 Å². The van der Waals surface area contributed by atoms with E-state index in [1.807, 2.05) is 12.1 Å². The molecule has 0 saturated heterocycles. The summed E-state index contributed by atoms with van der Waals surface area (Å²) in [5, 5.41) is 0.557. The summed E-state index contributed by atoms with van der Waals surface area (Å²) in [6, 6.07) is 5.48. The van der Waals surface area contributed by atoms with E-state index in [9.17, 15) is 4.39 Å². The van der Waals surface area contributed by atoms with Crippen molar-refractivity contribution in [1.29, 1.82) is 0 Å². The summed E-state index contributed by atoms with van der Waals surface area (Å²) in [7, 11) is 0. The van der Waals surface area contributed by atoms with Crippen molar-refractivity contribution >= 4 is 16.5 Å². The van der Waals surface area contributed by atoms with Crippen LogP contribution in [-0.2, 0) is 6.42 Å². The molecule has 0 unspecified atom stereocenters. The van der Waals surface area contributed by atoms with Crippen molar-refractivity contribution in [3.05, 3.63) is 45.7 Å². The minimum atomic E-state index is -0.126. The van der Waals surface area contributed by atoms with Gasteiger partial charge in [0.05, 0.1) is 5.69 Å². The lowest BCUT2D eigenvalue weighted by Gasteiger charge is -2.07. The normalized spacial score (nSPS) is 11.2. The topological polar surface area (TPSA) is 38.9 Å². The predicted octanol–water partition coefficient (Wildman–Crippen LogP) is 3.89. The minimum absolute atomic E-state index is 0.126. The van der Waals surface area contributed by atoms with Crippen molar-refractivity contribution in [1.82, 2.24) is 4.98 Å². The molecule has 0 bridgehead atoms. The molecule has 0 aliphatic heterocycles. The van der Waals surface area contributed by atoms with E-state index in [1.165, 1.54) is 11.3 Å².